The Balaban J connectivity index is 1.71. The minimum Gasteiger partial charge on any atom is -0.465 e. The molecule has 3 rings (SSSR count). The van der Waals surface area contributed by atoms with E-state index in [-0.39, 0.29) is 17.0 Å². The largest absolute Gasteiger partial charge is 0.465 e. The summed E-state index contributed by atoms with van der Waals surface area (Å²) in [5.74, 6) is -2.98. The standard InChI is InChI=1S/C20H19F2N3O4S2/c1-8-9(2)31-19-16(8)18(27)24-15(25-19)7-30-10(3)17(26)23-14-5-11(20(28)29-4)12(21)6-13(14)22/h5-6,10H,7H2,1-4H3,(H,23,26)(H,24,25,27). The van der Waals surface area contributed by atoms with Crippen molar-refractivity contribution in [2.45, 2.75) is 31.8 Å². The molecule has 1 aromatic carbocycles. The molecule has 0 bridgehead atoms. The lowest BCUT2D eigenvalue weighted by molar-refractivity contribution is -0.115. The number of esters is 1. The number of nitrogens with zero attached hydrogens (tertiary/aromatic N) is 1. The highest BCUT2D eigenvalue weighted by molar-refractivity contribution is 7.99. The first kappa shape index (κ1) is 22.9. The number of halogens is 2. The monoisotopic (exact) mass is 467 g/mol. The lowest BCUT2D eigenvalue weighted by Gasteiger charge is -2.13. The molecule has 164 valence electrons. The third-order valence-corrected chi connectivity index (χ3v) is 6.90. The highest BCUT2D eigenvalue weighted by Gasteiger charge is 2.21. The zero-order chi connectivity index (χ0) is 22.9. The molecule has 0 spiro atoms. The molecule has 2 aromatic heterocycles. The van der Waals surface area contributed by atoms with E-state index in [9.17, 15) is 23.2 Å². The number of aromatic nitrogens is 2. The molecule has 1 amide bonds. The first-order valence-electron chi connectivity index (χ1n) is 9.11. The Bertz CT molecular complexity index is 1240. The van der Waals surface area contributed by atoms with Gasteiger partial charge in [0.25, 0.3) is 5.56 Å². The average molecular weight is 468 g/mol. The number of aromatic amines is 1. The summed E-state index contributed by atoms with van der Waals surface area (Å²) in [6.45, 7) is 5.38. The summed E-state index contributed by atoms with van der Waals surface area (Å²) in [7, 11) is 1.07. The lowest BCUT2D eigenvalue weighted by Crippen LogP contribution is -2.24. The number of rotatable bonds is 6. The van der Waals surface area contributed by atoms with Crippen molar-refractivity contribution >= 4 is 50.9 Å². The number of thioether (sulfide) groups is 1. The summed E-state index contributed by atoms with van der Waals surface area (Å²) < 4.78 is 32.2. The van der Waals surface area contributed by atoms with E-state index in [1.807, 2.05) is 13.8 Å². The van der Waals surface area contributed by atoms with Gasteiger partial charge in [0.15, 0.2) is 0 Å². The zero-order valence-corrected chi connectivity index (χ0v) is 18.7. The second-order valence-electron chi connectivity index (χ2n) is 6.72. The van der Waals surface area contributed by atoms with Gasteiger partial charge in [0.2, 0.25) is 5.91 Å². The van der Waals surface area contributed by atoms with Crippen LogP contribution in [0.5, 0.6) is 0 Å². The molecular weight excluding hydrogens is 448 g/mol. The third kappa shape index (κ3) is 4.77. The Morgan fingerprint density at radius 2 is 2.00 bits per heavy atom. The van der Waals surface area contributed by atoms with Gasteiger partial charge in [0.05, 0.1) is 34.7 Å². The minimum atomic E-state index is -1.09. The Hall–Kier alpha value is -2.79. The molecule has 2 heterocycles. The predicted molar refractivity (Wildman–Crippen MR) is 117 cm³/mol. The molecule has 7 nitrogen and oxygen atoms in total. The third-order valence-electron chi connectivity index (χ3n) is 4.65. The quantitative estimate of drug-likeness (QED) is 0.533. The maximum absolute atomic E-state index is 14.0. The van der Waals surface area contributed by atoms with Crippen LogP contribution in [0.4, 0.5) is 14.5 Å². The number of hydrogen-bond acceptors (Lipinski definition) is 7. The normalized spacial score (nSPS) is 12.1. The summed E-state index contributed by atoms with van der Waals surface area (Å²) >= 11 is 2.61. The second-order valence-corrected chi connectivity index (χ2v) is 9.25. The van der Waals surface area contributed by atoms with Crippen molar-refractivity contribution in [2.24, 2.45) is 0 Å². The van der Waals surface area contributed by atoms with Crippen molar-refractivity contribution in [1.82, 2.24) is 9.97 Å². The van der Waals surface area contributed by atoms with E-state index in [0.717, 1.165) is 23.6 Å². The van der Waals surface area contributed by atoms with Crippen molar-refractivity contribution in [1.29, 1.82) is 0 Å². The van der Waals surface area contributed by atoms with Crippen molar-refractivity contribution in [3.05, 3.63) is 55.9 Å². The number of carbonyl (C=O) groups excluding carboxylic acids is 2. The molecule has 1 atom stereocenters. The van der Waals surface area contributed by atoms with E-state index in [4.69, 9.17) is 0 Å². The molecule has 3 aromatic rings. The molecule has 0 saturated carbocycles. The molecule has 0 aliphatic carbocycles. The van der Waals surface area contributed by atoms with Gasteiger partial charge >= 0.3 is 5.97 Å². The Morgan fingerprint density at radius 3 is 2.68 bits per heavy atom. The van der Waals surface area contributed by atoms with Crippen molar-refractivity contribution in [3.63, 3.8) is 0 Å². The molecule has 2 N–H and O–H groups in total. The van der Waals surface area contributed by atoms with Gasteiger partial charge < -0.3 is 15.0 Å². The zero-order valence-electron chi connectivity index (χ0n) is 17.1. The van der Waals surface area contributed by atoms with Crippen LogP contribution in [-0.4, -0.2) is 34.2 Å². The number of amides is 1. The second kappa shape index (κ2) is 9.15. The number of benzene rings is 1. The van der Waals surface area contributed by atoms with Gasteiger partial charge in [-0.15, -0.1) is 23.1 Å². The Kier molecular flexibility index (Phi) is 6.75. The number of anilines is 1. The van der Waals surface area contributed by atoms with Gasteiger partial charge in [0, 0.05) is 10.9 Å². The van der Waals surface area contributed by atoms with Crippen LogP contribution in [0, 0.1) is 25.5 Å². The number of carbonyl (C=O) groups is 2. The fourth-order valence-corrected chi connectivity index (χ4v) is 4.60. The number of ether oxygens (including phenoxy) is 1. The van der Waals surface area contributed by atoms with E-state index >= 15 is 0 Å². The van der Waals surface area contributed by atoms with Gasteiger partial charge in [-0.2, -0.15) is 0 Å². The van der Waals surface area contributed by atoms with Crippen molar-refractivity contribution in [3.8, 4) is 0 Å². The molecule has 0 aliphatic rings. The average Bonchev–Trinajstić information content (AvgIpc) is 3.01. The van der Waals surface area contributed by atoms with Crippen LogP contribution < -0.4 is 10.9 Å². The van der Waals surface area contributed by atoms with Gasteiger partial charge in [-0.1, -0.05) is 0 Å². The van der Waals surface area contributed by atoms with Crippen molar-refractivity contribution < 1.29 is 23.1 Å². The highest BCUT2D eigenvalue weighted by atomic mass is 32.2. The van der Waals surface area contributed by atoms with Gasteiger partial charge in [-0.05, 0) is 32.4 Å². The Morgan fingerprint density at radius 1 is 1.29 bits per heavy atom. The summed E-state index contributed by atoms with van der Waals surface area (Å²) in [6.07, 6.45) is 0. The number of methoxy groups -OCH3 is 1. The van der Waals surface area contributed by atoms with Gasteiger partial charge in [-0.25, -0.2) is 18.6 Å². The van der Waals surface area contributed by atoms with Crippen LogP contribution in [0.25, 0.3) is 10.2 Å². The predicted octanol–water partition coefficient (Wildman–Crippen LogP) is 3.93. The van der Waals surface area contributed by atoms with Crippen molar-refractivity contribution in [2.75, 3.05) is 12.4 Å². The van der Waals surface area contributed by atoms with E-state index in [2.05, 4.69) is 20.0 Å². The number of H-pyrrole nitrogens is 1. The summed E-state index contributed by atoms with van der Waals surface area (Å²) in [4.78, 5) is 45.2. The number of fused-ring (bicyclic) bond motifs is 1. The highest BCUT2D eigenvalue weighted by Crippen LogP contribution is 2.27. The SMILES string of the molecule is COC(=O)c1cc(NC(=O)C(C)SCc2nc3sc(C)c(C)c3c(=O)[nH]2)c(F)cc1F. The minimum absolute atomic E-state index is 0.233. The fourth-order valence-electron chi connectivity index (χ4n) is 2.79. The number of hydrogen-bond donors (Lipinski definition) is 2. The van der Waals surface area contributed by atoms with Gasteiger partial charge in [0.1, 0.15) is 22.3 Å². The van der Waals surface area contributed by atoms with E-state index in [1.165, 1.54) is 23.1 Å². The van der Waals surface area contributed by atoms with E-state index < -0.39 is 34.3 Å². The fraction of sp³-hybridized carbons (Fsp3) is 0.300. The van der Waals surface area contributed by atoms with E-state index in [0.29, 0.717) is 22.1 Å². The smallest absolute Gasteiger partial charge is 0.340 e. The number of aryl methyl sites for hydroxylation is 2. The molecule has 31 heavy (non-hydrogen) atoms. The van der Waals surface area contributed by atoms with Crippen LogP contribution in [0.2, 0.25) is 0 Å². The van der Waals surface area contributed by atoms with E-state index in [1.54, 1.807) is 6.92 Å². The molecule has 0 saturated heterocycles. The number of nitrogens with one attached hydrogen (secondary N) is 2. The maximum atomic E-state index is 14.0. The lowest BCUT2D eigenvalue weighted by atomic mass is 10.1. The van der Waals surface area contributed by atoms with Crippen LogP contribution in [0.3, 0.4) is 0 Å². The first-order chi connectivity index (χ1) is 14.6. The van der Waals surface area contributed by atoms with Crippen LogP contribution in [0.1, 0.15) is 33.5 Å². The van der Waals surface area contributed by atoms with Crippen LogP contribution >= 0.6 is 23.1 Å². The Labute approximate surface area is 184 Å². The summed E-state index contributed by atoms with van der Waals surface area (Å²) in [5.41, 5.74) is -0.163. The number of thiophene rings is 1. The molecule has 0 aliphatic heterocycles. The maximum Gasteiger partial charge on any atom is 0.340 e. The first-order valence-corrected chi connectivity index (χ1v) is 11.0. The molecule has 0 fully saturated rings. The van der Waals surface area contributed by atoms with Crippen LogP contribution in [-0.2, 0) is 15.3 Å². The molecule has 0 radical (unpaired) electrons. The summed E-state index contributed by atoms with van der Waals surface area (Å²) in [6, 6.07) is 1.40. The van der Waals surface area contributed by atoms with Gasteiger partial charge in [-0.3, -0.25) is 9.59 Å². The van der Waals surface area contributed by atoms with Crippen LogP contribution in [0.15, 0.2) is 16.9 Å². The topological polar surface area (TPSA) is 101 Å². The molecule has 1 unspecified atom stereocenters. The summed E-state index contributed by atoms with van der Waals surface area (Å²) in [5, 5.41) is 2.26. The molecule has 11 heteroatoms. The molecular formula is C20H19F2N3O4S2.